The van der Waals surface area contributed by atoms with Crippen LogP contribution in [0.1, 0.15) is 5.56 Å². The van der Waals surface area contributed by atoms with Gasteiger partial charge in [0.25, 0.3) is 0 Å². The van der Waals surface area contributed by atoms with Gasteiger partial charge in [0.2, 0.25) is 0 Å². The van der Waals surface area contributed by atoms with Crippen LogP contribution in [0.25, 0.3) is 0 Å². The van der Waals surface area contributed by atoms with Gasteiger partial charge >= 0.3 is 0 Å². The summed E-state index contributed by atoms with van der Waals surface area (Å²) in [5.41, 5.74) is 1.20. The van der Waals surface area contributed by atoms with Crippen molar-refractivity contribution >= 4 is 21.7 Å². The second-order valence-electron chi connectivity index (χ2n) is 3.75. The third-order valence-corrected chi connectivity index (χ3v) is 3.40. The molecule has 0 bridgehead atoms. The molecule has 1 N–H and O–H groups in total. The van der Waals surface area contributed by atoms with Crippen LogP contribution in [0.15, 0.2) is 16.7 Å². The Morgan fingerprint density at radius 3 is 2.93 bits per heavy atom. The molecule has 0 aliphatic carbocycles. The van der Waals surface area contributed by atoms with E-state index < -0.39 is 0 Å². The lowest BCUT2D eigenvalue weighted by molar-refractivity contribution is 0.200. The summed E-state index contributed by atoms with van der Waals surface area (Å²) in [4.78, 5) is 6.51. The van der Waals surface area contributed by atoms with Gasteiger partial charge in [0.1, 0.15) is 5.82 Å². The molecule has 76 valence electrons. The van der Waals surface area contributed by atoms with E-state index in [1.807, 2.05) is 6.20 Å². The van der Waals surface area contributed by atoms with E-state index in [0.29, 0.717) is 5.92 Å². The Morgan fingerprint density at radius 1 is 1.64 bits per heavy atom. The third kappa shape index (κ3) is 1.77. The number of aliphatic hydroxyl groups excluding tert-OH is 1. The van der Waals surface area contributed by atoms with Gasteiger partial charge in [-0.2, -0.15) is 0 Å². The molecule has 4 heteroatoms. The largest absolute Gasteiger partial charge is 0.396 e. The number of aliphatic hydroxyl groups is 1. The Kier molecular flexibility index (Phi) is 2.74. The first kappa shape index (κ1) is 9.93. The van der Waals surface area contributed by atoms with E-state index in [9.17, 15) is 0 Å². The molecule has 0 spiro atoms. The van der Waals surface area contributed by atoms with Crippen molar-refractivity contribution in [3.05, 3.63) is 22.3 Å². The normalized spacial score (nSPS) is 16.9. The molecule has 1 aromatic heterocycles. The van der Waals surface area contributed by atoms with Crippen LogP contribution in [0.3, 0.4) is 0 Å². The van der Waals surface area contributed by atoms with Crippen molar-refractivity contribution in [3.63, 3.8) is 0 Å². The van der Waals surface area contributed by atoms with Crippen molar-refractivity contribution < 1.29 is 5.11 Å². The molecule has 14 heavy (non-hydrogen) atoms. The maximum Gasteiger partial charge on any atom is 0.128 e. The number of nitrogens with zero attached hydrogens (tertiary/aromatic N) is 2. The zero-order valence-electron chi connectivity index (χ0n) is 8.07. The molecule has 1 saturated heterocycles. The van der Waals surface area contributed by atoms with Crippen molar-refractivity contribution in [1.29, 1.82) is 0 Å². The molecule has 3 nitrogen and oxygen atoms in total. The zero-order valence-corrected chi connectivity index (χ0v) is 9.66. The van der Waals surface area contributed by atoms with E-state index in [0.717, 1.165) is 23.4 Å². The van der Waals surface area contributed by atoms with E-state index in [4.69, 9.17) is 5.11 Å². The van der Waals surface area contributed by atoms with Gasteiger partial charge in [0.15, 0.2) is 0 Å². The number of aryl methyl sites for hydroxylation is 1. The zero-order chi connectivity index (χ0) is 10.1. The van der Waals surface area contributed by atoms with Crippen LogP contribution in [-0.2, 0) is 0 Å². The molecule has 2 rings (SSSR count). The summed E-state index contributed by atoms with van der Waals surface area (Å²) < 4.78 is 1.04. The van der Waals surface area contributed by atoms with Gasteiger partial charge in [-0.3, -0.25) is 0 Å². The molecule has 1 aliphatic rings. The Hall–Kier alpha value is -0.610. The van der Waals surface area contributed by atoms with Crippen LogP contribution >= 0.6 is 15.9 Å². The Morgan fingerprint density at radius 2 is 2.36 bits per heavy atom. The van der Waals surface area contributed by atoms with E-state index in [2.05, 4.69) is 38.8 Å². The number of hydrogen-bond acceptors (Lipinski definition) is 3. The van der Waals surface area contributed by atoms with Gasteiger partial charge in [0.05, 0.1) is 0 Å². The SMILES string of the molecule is Cc1cc(N2CC(CO)C2)ncc1Br. The predicted molar refractivity (Wildman–Crippen MR) is 59.5 cm³/mol. The highest BCUT2D eigenvalue weighted by Crippen LogP contribution is 2.25. The number of rotatable bonds is 2. The summed E-state index contributed by atoms with van der Waals surface area (Å²) in [6, 6.07) is 2.07. The fraction of sp³-hybridized carbons (Fsp3) is 0.500. The minimum atomic E-state index is 0.284. The summed E-state index contributed by atoms with van der Waals surface area (Å²) >= 11 is 3.42. The molecule has 0 unspecified atom stereocenters. The lowest BCUT2D eigenvalue weighted by Crippen LogP contribution is -2.48. The molecule has 0 amide bonds. The van der Waals surface area contributed by atoms with Crippen LogP contribution in [0.5, 0.6) is 0 Å². The van der Waals surface area contributed by atoms with Crippen molar-refractivity contribution in [2.24, 2.45) is 5.92 Å². The molecule has 1 aromatic rings. The highest BCUT2D eigenvalue weighted by molar-refractivity contribution is 9.10. The summed E-state index contributed by atoms with van der Waals surface area (Å²) in [5, 5.41) is 8.89. The standard InChI is InChI=1S/C10H13BrN2O/c1-7-2-10(12-3-9(7)11)13-4-8(5-13)6-14/h2-3,8,14H,4-6H2,1H3. The van der Waals surface area contributed by atoms with Gasteiger partial charge in [-0.25, -0.2) is 4.98 Å². The lowest BCUT2D eigenvalue weighted by Gasteiger charge is -2.39. The maximum absolute atomic E-state index is 8.89. The molecule has 0 radical (unpaired) electrons. The second kappa shape index (κ2) is 3.87. The fourth-order valence-corrected chi connectivity index (χ4v) is 1.79. The average Bonchev–Trinajstić information content (AvgIpc) is 2.09. The summed E-state index contributed by atoms with van der Waals surface area (Å²) in [6.07, 6.45) is 1.83. The van der Waals surface area contributed by atoms with Gasteiger partial charge in [-0.1, -0.05) is 0 Å². The molecule has 1 aliphatic heterocycles. The Labute approximate surface area is 91.9 Å². The van der Waals surface area contributed by atoms with E-state index in [1.54, 1.807) is 0 Å². The van der Waals surface area contributed by atoms with E-state index in [1.165, 1.54) is 5.56 Å². The van der Waals surface area contributed by atoms with Crippen molar-refractivity contribution in [1.82, 2.24) is 4.98 Å². The van der Waals surface area contributed by atoms with E-state index >= 15 is 0 Å². The summed E-state index contributed by atoms with van der Waals surface area (Å²) in [6.45, 7) is 4.18. The van der Waals surface area contributed by atoms with Crippen molar-refractivity contribution in [2.75, 3.05) is 24.6 Å². The van der Waals surface area contributed by atoms with Crippen molar-refractivity contribution in [3.8, 4) is 0 Å². The van der Waals surface area contributed by atoms with Crippen LogP contribution < -0.4 is 4.90 Å². The van der Waals surface area contributed by atoms with Gasteiger partial charge in [-0.05, 0) is 34.5 Å². The first-order valence-electron chi connectivity index (χ1n) is 4.68. The molecular formula is C10H13BrN2O. The monoisotopic (exact) mass is 256 g/mol. The van der Waals surface area contributed by atoms with Crippen LogP contribution in [0, 0.1) is 12.8 Å². The predicted octanol–water partition coefficient (Wildman–Crippen LogP) is 1.58. The second-order valence-corrected chi connectivity index (χ2v) is 4.60. The molecule has 0 saturated carbocycles. The van der Waals surface area contributed by atoms with Crippen LogP contribution in [0.2, 0.25) is 0 Å². The molecule has 0 atom stereocenters. The number of pyridine rings is 1. The lowest BCUT2D eigenvalue weighted by atomic mass is 10.0. The topological polar surface area (TPSA) is 36.4 Å². The highest BCUT2D eigenvalue weighted by Gasteiger charge is 2.26. The smallest absolute Gasteiger partial charge is 0.128 e. The Bertz CT molecular complexity index is 337. The Balaban J connectivity index is 2.08. The molecule has 2 heterocycles. The number of anilines is 1. The summed E-state index contributed by atoms with van der Waals surface area (Å²) in [7, 11) is 0. The van der Waals surface area contributed by atoms with Crippen LogP contribution in [0.4, 0.5) is 5.82 Å². The van der Waals surface area contributed by atoms with Gasteiger partial charge in [-0.15, -0.1) is 0 Å². The first-order chi connectivity index (χ1) is 6.70. The quantitative estimate of drug-likeness (QED) is 0.873. The van der Waals surface area contributed by atoms with Gasteiger partial charge in [0, 0.05) is 36.3 Å². The summed E-state index contributed by atoms with van der Waals surface area (Å²) in [5.74, 6) is 1.44. The average molecular weight is 257 g/mol. The minimum Gasteiger partial charge on any atom is -0.396 e. The molecule has 0 aromatic carbocycles. The van der Waals surface area contributed by atoms with Crippen LogP contribution in [-0.4, -0.2) is 29.8 Å². The number of halogens is 1. The van der Waals surface area contributed by atoms with Gasteiger partial charge < -0.3 is 10.0 Å². The number of aromatic nitrogens is 1. The maximum atomic E-state index is 8.89. The fourth-order valence-electron chi connectivity index (χ4n) is 1.57. The minimum absolute atomic E-state index is 0.284. The first-order valence-corrected chi connectivity index (χ1v) is 5.48. The molecule has 1 fully saturated rings. The molecular weight excluding hydrogens is 244 g/mol. The van der Waals surface area contributed by atoms with Crippen molar-refractivity contribution in [2.45, 2.75) is 6.92 Å². The highest BCUT2D eigenvalue weighted by atomic mass is 79.9. The number of hydrogen-bond donors (Lipinski definition) is 1. The third-order valence-electron chi connectivity index (χ3n) is 2.57. The van der Waals surface area contributed by atoms with E-state index in [-0.39, 0.29) is 6.61 Å².